The van der Waals surface area contributed by atoms with Gasteiger partial charge in [0.1, 0.15) is 5.82 Å². The standard InChI is InChI=1S/C19H27FN4O.HI/c1-2-21-19(24-12-14-4-3-5-18(14)25)22-9-8-13-11-23-17-10-15(20)6-7-16(13)17;/h6-7,10-11,14,18,23,25H,2-5,8-9,12H2,1H3,(H2,21,22,24);1H. The predicted molar refractivity (Wildman–Crippen MR) is 115 cm³/mol. The Balaban J connectivity index is 0.00000243. The van der Waals surface area contributed by atoms with Crippen LogP contribution in [0.3, 0.4) is 0 Å². The fourth-order valence-electron chi connectivity index (χ4n) is 3.46. The molecular formula is C19H28FIN4O. The molecule has 2 aromatic rings. The minimum Gasteiger partial charge on any atom is -0.393 e. The van der Waals surface area contributed by atoms with Gasteiger partial charge in [0.25, 0.3) is 0 Å². The van der Waals surface area contributed by atoms with E-state index >= 15 is 0 Å². The molecule has 1 aromatic carbocycles. The average molecular weight is 474 g/mol. The number of aliphatic hydroxyl groups is 1. The molecule has 1 aliphatic rings. The minimum absolute atomic E-state index is 0. The molecule has 0 amide bonds. The number of guanidine groups is 1. The van der Waals surface area contributed by atoms with Gasteiger partial charge in [0.2, 0.25) is 0 Å². The van der Waals surface area contributed by atoms with Crippen molar-refractivity contribution in [3.05, 3.63) is 35.8 Å². The smallest absolute Gasteiger partial charge is 0.191 e. The topological polar surface area (TPSA) is 72.4 Å². The van der Waals surface area contributed by atoms with Crippen LogP contribution in [0, 0.1) is 11.7 Å². The molecular weight excluding hydrogens is 446 g/mol. The van der Waals surface area contributed by atoms with Crippen molar-refractivity contribution in [2.45, 2.75) is 38.7 Å². The number of aliphatic imine (C=N–C) groups is 1. The number of aliphatic hydroxyl groups excluding tert-OH is 1. The number of aromatic nitrogens is 1. The Kier molecular flexibility index (Phi) is 8.15. The first-order valence-corrected chi connectivity index (χ1v) is 9.13. The molecule has 1 heterocycles. The molecule has 5 nitrogen and oxygen atoms in total. The molecule has 144 valence electrons. The van der Waals surface area contributed by atoms with Crippen LogP contribution in [-0.2, 0) is 6.42 Å². The molecule has 1 aromatic heterocycles. The molecule has 0 aliphatic heterocycles. The highest BCUT2D eigenvalue weighted by Crippen LogP contribution is 2.25. The molecule has 1 saturated carbocycles. The molecule has 3 rings (SSSR count). The van der Waals surface area contributed by atoms with Crippen LogP contribution in [0.15, 0.2) is 29.4 Å². The molecule has 1 fully saturated rings. The molecule has 1 aliphatic carbocycles. The second-order valence-electron chi connectivity index (χ2n) is 6.66. The van der Waals surface area contributed by atoms with Gasteiger partial charge in [-0.1, -0.05) is 6.42 Å². The summed E-state index contributed by atoms with van der Waals surface area (Å²) in [6, 6.07) is 4.83. The molecule has 2 unspecified atom stereocenters. The van der Waals surface area contributed by atoms with Gasteiger partial charge < -0.3 is 20.7 Å². The Morgan fingerprint density at radius 3 is 2.92 bits per heavy atom. The lowest BCUT2D eigenvalue weighted by atomic mass is 10.1. The number of nitrogens with zero attached hydrogens (tertiary/aromatic N) is 1. The predicted octanol–water partition coefficient (Wildman–Crippen LogP) is 3.18. The van der Waals surface area contributed by atoms with Gasteiger partial charge in [-0.25, -0.2) is 4.39 Å². The summed E-state index contributed by atoms with van der Waals surface area (Å²) in [7, 11) is 0. The number of rotatable bonds is 6. The fourth-order valence-corrected chi connectivity index (χ4v) is 3.46. The number of H-pyrrole nitrogens is 1. The first-order valence-electron chi connectivity index (χ1n) is 9.13. The zero-order chi connectivity index (χ0) is 17.6. The number of aromatic amines is 1. The lowest BCUT2D eigenvalue weighted by molar-refractivity contribution is 0.136. The Bertz CT molecular complexity index is 733. The maximum Gasteiger partial charge on any atom is 0.191 e. The minimum atomic E-state index is -0.227. The third-order valence-corrected chi connectivity index (χ3v) is 4.86. The summed E-state index contributed by atoms with van der Waals surface area (Å²) in [6.45, 7) is 4.23. The van der Waals surface area contributed by atoms with Gasteiger partial charge in [-0.15, -0.1) is 24.0 Å². The van der Waals surface area contributed by atoms with E-state index in [1.807, 2.05) is 19.2 Å². The summed E-state index contributed by atoms with van der Waals surface area (Å²) in [4.78, 5) is 7.73. The quantitative estimate of drug-likeness (QED) is 0.295. The Labute approximate surface area is 170 Å². The summed E-state index contributed by atoms with van der Waals surface area (Å²) < 4.78 is 13.3. The Morgan fingerprint density at radius 2 is 2.19 bits per heavy atom. The number of hydrogen-bond donors (Lipinski definition) is 4. The lowest BCUT2D eigenvalue weighted by Gasteiger charge is -2.14. The maximum atomic E-state index is 13.3. The normalized spacial score (nSPS) is 20.2. The maximum absolute atomic E-state index is 13.3. The monoisotopic (exact) mass is 474 g/mol. The second kappa shape index (κ2) is 10.1. The molecule has 0 radical (unpaired) electrons. The van der Waals surface area contributed by atoms with E-state index in [1.165, 1.54) is 12.1 Å². The highest BCUT2D eigenvalue weighted by Gasteiger charge is 2.24. The fraction of sp³-hybridized carbons (Fsp3) is 0.526. The van der Waals surface area contributed by atoms with Crippen LogP contribution < -0.4 is 10.6 Å². The molecule has 0 bridgehead atoms. The number of halogens is 2. The van der Waals surface area contributed by atoms with E-state index in [0.717, 1.165) is 61.2 Å². The van der Waals surface area contributed by atoms with Crippen molar-refractivity contribution in [3.8, 4) is 0 Å². The van der Waals surface area contributed by atoms with E-state index in [1.54, 1.807) is 0 Å². The summed E-state index contributed by atoms with van der Waals surface area (Å²) in [5, 5.41) is 17.6. The third-order valence-electron chi connectivity index (χ3n) is 4.86. The highest BCUT2D eigenvalue weighted by atomic mass is 127. The molecule has 7 heteroatoms. The van der Waals surface area contributed by atoms with Crippen molar-refractivity contribution in [2.75, 3.05) is 19.6 Å². The number of hydrogen-bond acceptors (Lipinski definition) is 2. The van der Waals surface area contributed by atoms with E-state index in [4.69, 9.17) is 0 Å². The van der Waals surface area contributed by atoms with Gasteiger partial charge in [0.15, 0.2) is 5.96 Å². The molecule has 2 atom stereocenters. The third kappa shape index (κ3) is 5.33. The van der Waals surface area contributed by atoms with Crippen molar-refractivity contribution in [1.29, 1.82) is 0 Å². The number of nitrogens with one attached hydrogen (secondary N) is 3. The second-order valence-corrected chi connectivity index (χ2v) is 6.66. The zero-order valence-corrected chi connectivity index (χ0v) is 17.4. The van der Waals surface area contributed by atoms with E-state index in [-0.39, 0.29) is 41.8 Å². The van der Waals surface area contributed by atoms with Crippen LogP contribution in [0.25, 0.3) is 10.9 Å². The van der Waals surface area contributed by atoms with E-state index in [0.29, 0.717) is 6.54 Å². The van der Waals surface area contributed by atoms with E-state index in [9.17, 15) is 9.50 Å². The van der Waals surface area contributed by atoms with Crippen LogP contribution in [0.5, 0.6) is 0 Å². The molecule has 4 N–H and O–H groups in total. The Morgan fingerprint density at radius 1 is 1.35 bits per heavy atom. The van der Waals surface area contributed by atoms with Crippen LogP contribution in [0.1, 0.15) is 31.7 Å². The number of benzene rings is 1. The van der Waals surface area contributed by atoms with Crippen LogP contribution >= 0.6 is 24.0 Å². The summed E-state index contributed by atoms with van der Waals surface area (Å²) >= 11 is 0. The van der Waals surface area contributed by atoms with Crippen molar-refractivity contribution >= 4 is 40.8 Å². The first kappa shape index (κ1) is 21.0. The summed E-state index contributed by atoms with van der Waals surface area (Å²) in [6.07, 6.45) is 5.58. The van der Waals surface area contributed by atoms with Crippen LogP contribution in [-0.4, -0.2) is 41.8 Å². The Hall–Kier alpha value is -1.35. The summed E-state index contributed by atoms with van der Waals surface area (Å²) in [5.74, 6) is 0.834. The first-order chi connectivity index (χ1) is 12.2. The zero-order valence-electron chi connectivity index (χ0n) is 15.1. The van der Waals surface area contributed by atoms with Gasteiger partial charge in [0, 0.05) is 42.7 Å². The van der Waals surface area contributed by atoms with Gasteiger partial charge in [-0.2, -0.15) is 0 Å². The SMILES string of the molecule is CCNC(=NCC1CCCC1O)NCCc1c[nH]c2cc(F)ccc12.I. The largest absolute Gasteiger partial charge is 0.393 e. The van der Waals surface area contributed by atoms with Gasteiger partial charge in [0.05, 0.1) is 6.10 Å². The van der Waals surface area contributed by atoms with E-state index in [2.05, 4.69) is 20.6 Å². The van der Waals surface area contributed by atoms with Crippen molar-refractivity contribution in [2.24, 2.45) is 10.9 Å². The van der Waals surface area contributed by atoms with Crippen LogP contribution in [0.4, 0.5) is 4.39 Å². The number of fused-ring (bicyclic) bond motifs is 1. The molecule has 0 spiro atoms. The van der Waals surface area contributed by atoms with Crippen molar-refractivity contribution in [1.82, 2.24) is 15.6 Å². The van der Waals surface area contributed by atoms with Crippen molar-refractivity contribution < 1.29 is 9.50 Å². The summed E-state index contributed by atoms with van der Waals surface area (Å²) in [5.41, 5.74) is 1.98. The van der Waals surface area contributed by atoms with Gasteiger partial charge >= 0.3 is 0 Å². The van der Waals surface area contributed by atoms with Gasteiger partial charge in [-0.05, 0) is 49.9 Å². The molecule has 26 heavy (non-hydrogen) atoms. The lowest BCUT2D eigenvalue weighted by Crippen LogP contribution is -2.38. The van der Waals surface area contributed by atoms with Crippen molar-refractivity contribution in [3.63, 3.8) is 0 Å². The molecule has 0 saturated heterocycles. The highest BCUT2D eigenvalue weighted by molar-refractivity contribution is 14.0. The average Bonchev–Trinajstić information content (AvgIpc) is 3.18. The van der Waals surface area contributed by atoms with Gasteiger partial charge in [-0.3, -0.25) is 4.99 Å². The van der Waals surface area contributed by atoms with Crippen LogP contribution in [0.2, 0.25) is 0 Å². The van der Waals surface area contributed by atoms with E-state index < -0.39 is 0 Å².